The van der Waals surface area contributed by atoms with Crippen LogP contribution in [0.1, 0.15) is 29.8 Å². The number of hydrogen-bond donors (Lipinski definition) is 2. The molecule has 2 N–H and O–H groups in total. The number of hydrogen-bond acceptors (Lipinski definition) is 7. The maximum atomic E-state index is 13.1. The molecule has 3 aromatic rings. The monoisotopic (exact) mass is 478 g/mol. The van der Waals surface area contributed by atoms with Crippen molar-refractivity contribution in [3.05, 3.63) is 72.1 Å². The lowest BCUT2D eigenvalue weighted by Crippen LogP contribution is -2.36. The number of guanidine groups is 1. The van der Waals surface area contributed by atoms with E-state index in [-0.39, 0.29) is 11.9 Å². The molecule has 1 amide bonds. The third kappa shape index (κ3) is 7.36. The summed E-state index contributed by atoms with van der Waals surface area (Å²) in [6, 6.07) is 14.1. The van der Waals surface area contributed by atoms with Crippen LogP contribution < -0.4 is 29.6 Å². The zero-order valence-electron chi connectivity index (χ0n) is 20.3. The molecular formula is C26H30N4O5. The van der Waals surface area contributed by atoms with Crippen molar-refractivity contribution in [3.63, 3.8) is 0 Å². The molecule has 0 unspecified atom stereocenters. The first-order chi connectivity index (χ1) is 17.1. The number of rotatable bonds is 10. The van der Waals surface area contributed by atoms with Crippen LogP contribution >= 0.6 is 0 Å². The predicted octanol–water partition coefficient (Wildman–Crippen LogP) is 4.29. The summed E-state index contributed by atoms with van der Waals surface area (Å²) in [6.45, 7) is 5.04. The van der Waals surface area contributed by atoms with E-state index in [4.69, 9.17) is 18.9 Å². The molecule has 1 heterocycles. The lowest BCUT2D eigenvalue weighted by molar-refractivity contribution is 0.0976. The molecule has 0 saturated carbocycles. The zero-order valence-corrected chi connectivity index (χ0v) is 20.3. The molecule has 0 aliphatic heterocycles. The topological polar surface area (TPSA) is 103 Å². The highest BCUT2D eigenvalue weighted by Crippen LogP contribution is 2.29. The molecule has 1 aromatic heterocycles. The molecule has 9 heteroatoms. The summed E-state index contributed by atoms with van der Waals surface area (Å²) in [6.07, 6.45) is 3.39. The Hall–Kier alpha value is -4.27. The first-order valence-electron chi connectivity index (χ1n) is 11.2. The molecule has 0 spiro atoms. The van der Waals surface area contributed by atoms with Crippen LogP contribution in [0.5, 0.6) is 23.0 Å². The first kappa shape index (κ1) is 25.4. The highest BCUT2D eigenvalue weighted by atomic mass is 16.5. The number of nitrogens with one attached hydrogen (secondary N) is 2. The van der Waals surface area contributed by atoms with Gasteiger partial charge < -0.3 is 24.3 Å². The third-order valence-corrected chi connectivity index (χ3v) is 4.82. The molecule has 0 aliphatic carbocycles. The van der Waals surface area contributed by atoms with Gasteiger partial charge >= 0.3 is 0 Å². The number of aliphatic imine (C=N–C) groups is 1. The van der Waals surface area contributed by atoms with Crippen LogP contribution in [0.2, 0.25) is 0 Å². The predicted molar refractivity (Wildman–Crippen MR) is 135 cm³/mol. The highest BCUT2D eigenvalue weighted by molar-refractivity contribution is 6.10. The maximum absolute atomic E-state index is 13.1. The fourth-order valence-electron chi connectivity index (χ4n) is 3.16. The number of ether oxygens (including phenoxy) is 4. The Kier molecular flexibility index (Phi) is 9.30. The molecule has 2 aromatic carbocycles. The number of carbonyl (C=O) groups is 1. The number of anilines is 1. The van der Waals surface area contributed by atoms with E-state index in [1.165, 1.54) is 0 Å². The van der Waals surface area contributed by atoms with Gasteiger partial charge in [0.1, 0.15) is 11.5 Å². The Labute approximate surface area is 205 Å². The number of methoxy groups -OCH3 is 2. The average molecular weight is 479 g/mol. The van der Waals surface area contributed by atoms with Crippen LogP contribution in [0.4, 0.5) is 5.69 Å². The van der Waals surface area contributed by atoms with Gasteiger partial charge in [-0.3, -0.25) is 15.1 Å². The number of carbonyl (C=O) groups excluding carboxylic acids is 1. The van der Waals surface area contributed by atoms with Crippen molar-refractivity contribution in [1.82, 2.24) is 10.3 Å². The van der Waals surface area contributed by atoms with Gasteiger partial charge in [-0.25, -0.2) is 4.99 Å². The summed E-state index contributed by atoms with van der Waals surface area (Å²) in [5, 5.41) is 6.01. The zero-order chi connectivity index (χ0) is 25.0. The van der Waals surface area contributed by atoms with E-state index < -0.39 is 0 Å². The van der Waals surface area contributed by atoms with Gasteiger partial charge in [-0.05, 0) is 49.7 Å². The molecule has 0 atom stereocenters. The quantitative estimate of drug-likeness (QED) is 0.331. The Balaban J connectivity index is 1.88. The SMILES string of the molecule is CCOc1ccc(C(=O)NC(=NCc2ccncc2)Nc2cc(OC)cc(OC)c2)cc1OCC. The van der Waals surface area contributed by atoms with Gasteiger partial charge in [0.2, 0.25) is 5.96 Å². The van der Waals surface area contributed by atoms with Gasteiger partial charge in [0, 0.05) is 41.8 Å². The van der Waals surface area contributed by atoms with E-state index in [2.05, 4.69) is 20.6 Å². The van der Waals surface area contributed by atoms with Crippen molar-refractivity contribution in [2.24, 2.45) is 4.99 Å². The van der Waals surface area contributed by atoms with Crippen molar-refractivity contribution >= 4 is 17.6 Å². The molecule has 184 valence electrons. The molecule has 0 saturated heterocycles. The van der Waals surface area contributed by atoms with E-state index in [1.54, 1.807) is 63.0 Å². The van der Waals surface area contributed by atoms with Gasteiger partial charge in [-0.1, -0.05) is 0 Å². The van der Waals surface area contributed by atoms with Crippen LogP contribution in [0.15, 0.2) is 65.9 Å². The molecule has 0 radical (unpaired) electrons. The van der Waals surface area contributed by atoms with Crippen molar-refractivity contribution < 1.29 is 23.7 Å². The summed E-state index contributed by atoms with van der Waals surface area (Å²) in [7, 11) is 3.14. The molecule has 0 aliphatic rings. The summed E-state index contributed by atoms with van der Waals surface area (Å²) < 4.78 is 21.9. The lowest BCUT2D eigenvalue weighted by atomic mass is 10.2. The van der Waals surface area contributed by atoms with Crippen molar-refractivity contribution in [3.8, 4) is 23.0 Å². The van der Waals surface area contributed by atoms with Crippen molar-refractivity contribution in [2.75, 3.05) is 32.8 Å². The second-order valence-electron chi connectivity index (χ2n) is 7.23. The minimum atomic E-state index is -0.357. The van der Waals surface area contributed by atoms with Crippen LogP contribution in [0.25, 0.3) is 0 Å². The van der Waals surface area contributed by atoms with Gasteiger partial charge in [0.15, 0.2) is 11.5 Å². The smallest absolute Gasteiger partial charge is 0.258 e. The number of pyridine rings is 1. The normalized spacial score (nSPS) is 10.9. The Bertz CT molecular complexity index is 1130. The Morgan fingerprint density at radius 3 is 2.17 bits per heavy atom. The second-order valence-corrected chi connectivity index (χ2v) is 7.23. The van der Waals surface area contributed by atoms with Crippen LogP contribution in [-0.4, -0.2) is 44.3 Å². The number of benzene rings is 2. The molecular weight excluding hydrogens is 448 g/mol. The number of nitrogens with zero attached hydrogens (tertiary/aromatic N) is 2. The van der Waals surface area contributed by atoms with Crippen LogP contribution in [0.3, 0.4) is 0 Å². The van der Waals surface area contributed by atoms with E-state index in [0.717, 1.165) is 5.56 Å². The minimum absolute atomic E-state index is 0.258. The fourth-order valence-corrected chi connectivity index (χ4v) is 3.16. The summed E-state index contributed by atoms with van der Waals surface area (Å²) in [4.78, 5) is 21.7. The molecule has 0 fully saturated rings. The average Bonchev–Trinajstić information content (AvgIpc) is 2.88. The van der Waals surface area contributed by atoms with Crippen molar-refractivity contribution in [1.29, 1.82) is 0 Å². The van der Waals surface area contributed by atoms with Gasteiger partial charge in [0.05, 0.1) is 34.0 Å². The highest BCUT2D eigenvalue weighted by Gasteiger charge is 2.14. The van der Waals surface area contributed by atoms with Gasteiger partial charge in [-0.15, -0.1) is 0 Å². The molecule has 9 nitrogen and oxygen atoms in total. The van der Waals surface area contributed by atoms with Gasteiger partial charge in [0.25, 0.3) is 5.91 Å². The van der Waals surface area contributed by atoms with Gasteiger partial charge in [-0.2, -0.15) is 0 Å². The fraction of sp³-hybridized carbons (Fsp3) is 0.269. The van der Waals surface area contributed by atoms with Crippen LogP contribution in [0, 0.1) is 0 Å². The number of amides is 1. The third-order valence-electron chi connectivity index (χ3n) is 4.82. The molecule has 35 heavy (non-hydrogen) atoms. The standard InChI is InChI=1S/C26H30N4O5/c1-5-34-23-8-7-19(13-24(23)35-6-2)25(31)30-26(28-17-18-9-11-27-12-10-18)29-20-14-21(32-3)16-22(15-20)33-4/h7-16H,5-6,17H2,1-4H3,(H2,28,29,30,31). The first-order valence-corrected chi connectivity index (χ1v) is 11.2. The van der Waals surface area contributed by atoms with E-state index >= 15 is 0 Å². The largest absolute Gasteiger partial charge is 0.497 e. The van der Waals surface area contributed by atoms with E-state index in [1.807, 2.05) is 26.0 Å². The summed E-state index contributed by atoms with van der Waals surface area (Å²) in [5.41, 5.74) is 1.98. The minimum Gasteiger partial charge on any atom is -0.497 e. The Morgan fingerprint density at radius 2 is 1.54 bits per heavy atom. The molecule has 3 rings (SSSR count). The Morgan fingerprint density at radius 1 is 0.886 bits per heavy atom. The lowest BCUT2D eigenvalue weighted by Gasteiger charge is -2.15. The number of aromatic nitrogens is 1. The second kappa shape index (κ2) is 12.8. The van der Waals surface area contributed by atoms with Crippen LogP contribution in [-0.2, 0) is 6.54 Å². The maximum Gasteiger partial charge on any atom is 0.258 e. The van der Waals surface area contributed by atoms with E-state index in [9.17, 15) is 4.79 Å². The summed E-state index contributed by atoms with van der Waals surface area (Å²) >= 11 is 0. The molecule has 0 bridgehead atoms. The van der Waals surface area contributed by atoms with Crippen molar-refractivity contribution in [2.45, 2.75) is 20.4 Å². The summed E-state index contributed by atoms with van der Waals surface area (Å²) in [5.74, 6) is 2.18. The van der Waals surface area contributed by atoms with E-state index in [0.29, 0.717) is 54.0 Å².